The summed E-state index contributed by atoms with van der Waals surface area (Å²) in [5.74, 6) is -0.783. The lowest BCUT2D eigenvalue weighted by Crippen LogP contribution is -2.27. The minimum absolute atomic E-state index is 0.107. The number of halogens is 3. The minimum Gasteiger partial charge on any atom is -0.489 e. The molecule has 11 heteroatoms. The summed E-state index contributed by atoms with van der Waals surface area (Å²) in [5.41, 5.74) is 0.678. The Labute approximate surface area is 214 Å². The van der Waals surface area contributed by atoms with Gasteiger partial charge in [-0.3, -0.25) is 4.79 Å². The smallest absolute Gasteiger partial charge is 0.489 e. The Balaban J connectivity index is 1.44. The summed E-state index contributed by atoms with van der Waals surface area (Å²) >= 11 is 1.14. The molecule has 3 aromatic rings. The highest BCUT2D eigenvalue weighted by atomic mass is 32.2. The normalized spacial score (nSPS) is 18.1. The molecule has 0 spiro atoms. The second kappa shape index (κ2) is 11.6. The number of thioether (sulfide) groups is 1. The third-order valence-corrected chi connectivity index (χ3v) is 6.43. The van der Waals surface area contributed by atoms with Crippen LogP contribution in [0, 0.1) is 0 Å². The summed E-state index contributed by atoms with van der Waals surface area (Å²) in [7, 11) is 0. The van der Waals surface area contributed by atoms with E-state index in [0.29, 0.717) is 23.3 Å². The summed E-state index contributed by atoms with van der Waals surface area (Å²) in [6.45, 7) is -0.107. The zero-order chi connectivity index (χ0) is 26.4. The van der Waals surface area contributed by atoms with Gasteiger partial charge >= 0.3 is 12.3 Å². The van der Waals surface area contributed by atoms with Crippen LogP contribution in [-0.2, 0) is 16.0 Å². The lowest BCUT2D eigenvalue weighted by molar-refractivity contribution is -0.274. The van der Waals surface area contributed by atoms with Gasteiger partial charge in [0, 0.05) is 0 Å². The Kier molecular flexibility index (Phi) is 8.24. The van der Waals surface area contributed by atoms with Gasteiger partial charge in [0.2, 0.25) is 5.91 Å². The molecular formula is C26H22F3NO6S. The van der Waals surface area contributed by atoms with Gasteiger partial charge in [0.1, 0.15) is 18.1 Å². The molecule has 4 rings (SSSR count). The van der Waals surface area contributed by atoms with Crippen LogP contribution in [0.25, 0.3) is 0 Å². The average molecular weight is 534 g/mol. The van der Waals surface area contributed by atoms with Crippen molar-refractivity contribution in [1.82, 2.24) is 5.32 Å². The fourth-order valence-corrected chi connectivity index (χ4v) is 4.54. The first-order chi connectivity index (χ1) is 17.7. The molecule has 1 amide bonds. The molecule has 3 atom stereocenters. The quantitative estimate of drug-likeness (QED) is 0.388. The number of rotatable bonds is 9. The van der Waals surface area contributed by atoms with Gasteiger partial charge < -0.3 is 24.6 Å². The van der Waals surface area contributed by atoms with Crippen molar-refractivity contribution in [2.24, 2.45) is 0 Å². The lowest BCUT2D eigenvalue weighted by atomic mass is 10.1. The number of esters is 1. The van der Waals surface area contributed by atoms with E-state index in [4.69, 9.17) is 9.47 Å². The van der Waals surface area contributed by atoms with E-state index in [1.54, 1.807) is 54.6 Å². The molecule has 194 valence electrons. The Hall–Kier alpha value is -3.70. The van der Waals surface area contributed by atoms with Gasteiger partial charge in [-0.1, -0.05) is 54.2 Å². The molecule has 0 radical (unpaired) electrons. The Morgan fingerprint density at radius 2 is 1.62 bits per heavy atom. The van der Waals surface area contributed by atoms with Gasteiger partial charge in [-0.15, -0.1) is 13.2 Å². The van der Waals surface area contributed by atoms with Crippen molar-refractivity contribution in [2.75, 3.05) is 6.61 Å². The van der Waals surface area contributed by atoms with Gasteiger partial charge in [-0.25, -0.2) is 4.79 Å². The molecule has 3 unspecified atom stereocenters. The maximum absolute atomic E-state index is 12.6. The molecule has 0 bridgehead atoms. The first-order valence-electron chi connectivity index (χ1n) is 11.1. The largest absolute Gasteiger partial charge is 0.573 e. The standard InChI is InChI=1S/C26H22F3NO6S/c27-26(28,29)36-20-12-8-17(9-13-20)21(35-24(32)18-4-2-1-3-5-18)15-34-19-10-6-16(7-11-19)14-22-23(31)30-25(33)37-22/h1-13,21-22,25,33H,14-15H2,(H,30,31). The first-order valence-corrected chi connectivity index (χ1v) is 12.1. The van der Waals surface area contributed by atoms with Gasteiger partial charge in [0.15, 0.2) is 11.7 Å². The van der Waals surface area contributed by atoms with E-state index in [9.17, 15) is 27.9 Å². The number of nitrogens with one attached hydrogen (secondary N) is 1. The highest BCUT2D eigenvalue weighted by Crippen LogP contribution is 2.28. The van der Waals surface area contributed by atoms with E-state index in [2.05, 4.69) is 10.1 Å². The van der Waals surface area contributed by atoms with Crippen LogP contribution in [0.5, 0.6) is 11.5 Å². The van der Waals surface area contributed by atoms with Gasteiger partial charge in [-0.2, -0.15) is 0 Å². The number of benzene rings is 3. The summed E-state index contributed by atoms with van der Waals surface area (Å²) in [5, 5.41) is 11.6. The molecule has 7 nitrogen and oxygen atoms in total. The SMILES string of the molecule is O=C(OC(COc1ccc(CC2SC(O)NC2=O)cc1)c1ccc(OC(F)(F)F)cc1)c1ccccc1. The van der Waals surface area contributed by atoms with Crippen molar-refractivity contribution in [3.8, 4) is 11.5 Å². The fraction of sp³-hybridized carbons (Fsp3) is 0.231. The van der Waals surface area contributed by atoms with Gasteiger partial charge in [-0.05, 0) is 53.9 Å². The molecular weight excluding hydrogens is 511 g/mol. The van der Waals surface area contributed by atoms with Gasteiger partial charge in [0.05, 0.1) is 10.8 Å². The van der Waals surface area contributed by atoms with Crippen molar-refractivity contribution in [3.63, 3.8) is 0 Å². The Morgan fingerprint density at radius 3 is 2.22 bits per heavy atom. The second-order valence-electron chi connectivity index (χ2n) is 8.02. The molecule has 1 saturated heterocycles. The van der Waals surface area contributed by atoms with Crippen LogP contribution < -0.4 is 14.8 Å². The zero-order valence-corrected chi connectivity index (χ0v) is 20.0. The number of amides is 1. The van der Waals surface area contributed by atoms with Crippen molar-refractivity contribution in [2.45, 2.75) is 29.7 Å². The molecule has 1 aliphatic rings. The maximum atomic E-state index is 12.6. The fourth-order valence-electron chi connectivity index (χ4n) is 3.57. The van der Waals surface area contributed by atoms with Crippen LogP contribution in [0.2, 0.25) is 0 Å². The molecule has 3 aromatic carbocycles. The molecule has 37 heavy (non-hydrogen) atoms. The Morgan fingerprint density at radius 1 is 0.973 bits per heavy atom. The zero-order valence-electron chi connectivity index (χ0n) is 19.2. The van der Waals surface area contributed by atoms with E-state index in [0.717, 1.165) is 29.5 Å². The van der Waals surface area contributed by atoms with Crippen LogP contribution in [0.1, 0.15) is 27.6 Å². The van der Waals surface area contributed by atoms with E-state index in [-0.39, 0.29) is 12.5 Å². The molecule has 0 saturated carbocycles. The topological polar surface area (TPSA) is 94.1 Å². The molecule has 1 heterocycles. The second-order valence-corrected chi connectivity index (χ2v) is 9.31. The number of hydrogen-bond donors (Lipinski definition) is 2. The van der Waals surface area contributed by atoms with Crippen molar-refractivity contribution in [3.05, 3.63) is 95.6 Å². The summed E-state index contributed by atoms with van der Waals surface area (Å²) in [6.07, 6.45) is -5.32. The van der Waals surface area contributed by atoms with E-state index in [1.807, 2.05) is 0 Å². The van der Waals surface area contributed by atoms with E-state index < -0.39 is 35.0 Å². The van der Waals surface area contributed by atoms with Crippen LogP contribution in [-0.4, -0.2) is 40.8 Å². The molecule has 0 aliphatic carbocycles. The number of alkyl halides is 3. The predicted octanol–water partition coefficient (Wildman–Crippen LogP) is 4.61. The summed E-state index contributed by atoms with van der Waals surface area (Å²) in [4.78, 5) is 24.5. The maximum Gasteiger partial charge on any atom is 0.573 e. The third-order valence-electron chi connectivity index (χ3n) is 5.34. The molecule has 0 aromatic heterocycles. The van der Waals surface area contributed by atoms with Crippen LogP contribution >= 0.6 is 11.8 Å². The number of ether oxygens (including phenoxy) is 3. The van der Waals surface area contributed by atoms with Crippen molar-refractivity contribution < 1.29 is 42.1 Å². The van der Waals surface area contributed by atoms with Crippen molar-refractivity contribution >= 4 is 23.6 Å². The van der Waals surface area contributed by atoms with E-state index in [1.165, 1.54) is 12.1 Å². The molecule has 1 fully saturated rings. The first kappa shape index (κ1) is 26.4. The number of aliphatic hydroxyl groups is 1. The van der Waals surface area contributed by atoms with Crippen molar-refractivity contribution in [1.29, 1.82) is 0 Å². The highest BCUT2D eigenvalue weighted by Gasteiger charge is 2.32. The Bertz CT molecular complexity index is 1210. The summed E-state index contributed by atoms with van der Waals surface area (Å²) < 4.78 is 52.9. The number of aliphatic hydroxyl groups excluding tert-OH is 1. The average Bonchev–Trinajstić information content (AvgIpc) is 3.18. The van der Waals surface area contributed by atoms with Crippen LogP contribution in [0.3, 0.4) is 0 Å². The number of hydrogen-bond acceptors (Lipinski definition) is 7. The summed E-state index contributed by atoms with van der Waals surface area (Å²) in [6, 6.07) is 20.2. The molecule has 1 aliphatic heterocycles. The third kappa shape index (κ3) is 7.64. The highest BCUT2D eigenvalue weighted by molar-refractivity contribution is 8.01. The number of carbonyl (C=O) groups is 2. The molecule has 2 N–H and O–H groups in total. The van der Waals surface area contributed by atoms with E-state index >= 15 is 0 Å². The monoisotopic (exact) mass is 533 g/mol. The van der Waals surface area contributed by atoms with Gasteiger partial charge in [0.25, 0.3) is 0 Å². The minimum atomic E-state index is -4.82. The number of carbonyl (C=O) groups excluding carboxylic acids is 2. The lowest BCUT2D eigenvalue weighted by Gasteiger charge is -2.20. The van der Waals surface area contributed by atoms with Crippen LogP contribution in [0.15, 0.2) is 78.9 Å². The predicted molar refractivity (Wildman–Crippen MR) is 129 cm³/mol. The van der Waals surface area contributed by atoms with Crippen LogP contribution in [0.4, 0.5) is 13.2 Å².